The molecule has 1 aromatic carbocycles. The Labute approximate surface area is 121 Å². The fourth-order valence-corrected chi connectivity index (χ4v) is 2.30. The van der Waals surface area contributed by atoms with Crippen molar-refractivity contribution in [3.05, 3.63) is 29.3 Å². The van der Waals surface area contributed by atoms with Gasteiger partial charge in [0, 0.05) is 18.2 Å². The summed E-state index contributed by atoms with van der Waals surface area (Å²) in [5, 5.41) is 3.26. The third-order valence-electron chi connectivity index (χ3n) is 3.68. The zero-order valence-electron chi connectivity index (χ0n) is 12.6. The van der Waals surface area contributed by atoms with Crippen molar-refractivity contribution in [2.45, 2.75) is 39.0 Å². The van der Waals surface area contributed by atoms with Crippen molar-refractivity contribution >= 4 is 0 Å². The first-order valence-electron chi connectivity index (χ1n) is 7.36. The van der Waals surface area contributed by atoms with Crippen LogP contribution in [0.3, 0.4) is 0 Å². The molecule has 2 rings (SSSR count). The Hall–Kier alpha value is -1.10. The second-order valence-electron chi connectivity index (χ2n) is 5.11. The van der Waals surface area contributed by atoms with E-state index in [2.05, 4.69) is 24.4 Å². The van der Waals surface area contributed by atoms with Crippen molar-refractivity contribution in [3.63, 3.8) is 0 Å². The summed E-state index contributed by atoms with van der Waals surface area (Å²) in [6, 6.07) is 6.63. The van der Waals surface area contributed by atoms with E-state index in [1.54, 1.807) is 0 Å². The van der Waals surface area contributed by atoms with E-state index >= 15 is 0 Å². The Morgan fingerprint density at radius 1 is 1.45 bits per heavy atom. The molecule has 0 aromatic heterocycles. The molecule has 1 fully saturated rings. The van der Waals surface area contributed by atoms with E-state index in [9.17, 15) is 0 Å². The number of rotatable bonds is 7. The summed E-state index contributed by atoms with van der Waals surface area (Å²) in [5.74, 6) is 0.915. The van der Waals surface area contributed by atoms with E-state index in [1.165, 1.54) is 5.56 Å². The van der Waals surface area contributed by atoms with Crippen LogP contribution in [0.4, 0.5) is 0 Å². The highest BCUT2D eigenvalue weighted by molar-refractivity contribution is 5.38. The minimum absolute atomic E-state index is 0.217. The first kappa shape index (κ1) is 15.3. The molecule has 112 valence electrons. The van der Waals surface area contributed by atoms with Crippen LogP contribution in [0.2, 0.25) is 0 Å². The summed E-state index contributed by atoms with van der Waals surface area (Å²) >= 11 is 0. The van der Waals surface area contributed by atoms with Gasteiger partial charge in [-0.05, 0) is 45.0 Å². The van der Waals surface area contributed by atoms with Crippen LogP contribution < -0.4 is 10.1 Å². The number of benzene rings is 1. The molecular formula is C16H25NO3. The summed E-state index contributed by atoms with van der Waals surface area (Å²) in [4.78, 5) is 0. The van der Waals surface area contributed by atoms with Crippen molar-refractivity contribution in [2.75, 3.05) is 26.9 Å². The summed E-state index contributed by atoms with van der Waals surface area (Å²) in [6.45, 7) is 6.90. The van der Waals surface area contributed by atoms with Gasteiger partial charge in [-0.2, -0.15) is 0 Å². The Balaban J connectivity index is 2.08. The van der Waals surface area contributed by atoms with E-state index < -0.39 is 0 Å². The Morgan fingerprint density at radius 2 is 2.30 bits per heavy atom. The minimum Gasteiger partial charge on any atom is -0.494 e. The zero-order chi connectivity index (χ0) is 14.4. The number of nitrogens with one attached hydrogen (secondary N) is 1. The lowest BCUT2D eigenvalue weighted by atomic mass is 10.0. The van der Waals surface area contributed by atoms with E-state index in [0.29, 0.717) is 25.9 Å². The summed E-state index contributed by atoms with van der Waals surface area (Å²) in [7, 11) is 1.97. The van der Waals surface area contributed by atoms with E-state index in [-0.39, 0.29) is 6.10 Å². The van der Waals surface area contributed by atoms with Gasteiger partial charge in [-0.1, -0.05) is 6.07 Å². The molecular weight excluding hydrogens is 254 g/mol. The molecule has 0 aliphatic carbocycles. The van der Waals surface area contributed by atoms with Crippen LogP contribution in [0.5, 0.6) is 5.75 Å². The van der Waals surface area contributed by atoms with Crippen molar-refractivity contribution in [3.8, 4) is 5.75 Å². The fraction of sp³-hybridized carbons (Fsp3) is 0.625. The molecule has 0 spiro atoms. The molecule has 1 heterocycles. The van der Waals surface area contributed by atoms with E-state index in [0.717, 1.165) is 24.3 Å². The highest BCUT2D eigenvalue weighted by atomic mass is 16.5. The van der Waals surface area contributed by atoms with Gasteiger partial charge in [-0.15, -0.1) is 0 Å². The molecule has 0 amide bonds. The maximum Gasteiger partial charge on any atom is 0.124 e. The Morgan fingerprint density at radius 3 is 2.95 bits per heavy atom. The van der Waals surface area contributed by atoms with Gasteiger partial charge in [-0.25, -0.2) is 0 Å². The first-order valence-corrected chi connectivity index (χ1v) is 7.36. The molecule has 4 heteroatoms. The molecule has 0 saturated carbocycles. The maximum atomic E-state index is 5.92. The average Bonchev–Trinajstić information content (AvgIpc) is 2.99. The molecule has 0 radical (unpaired) electrons. The molecule has 20 heavy (non-hydrogen) atoms. The summed E-state index contributed by atoms with van der Waals surface area (Å²) in [6.07, 6.45) is 1.20. The van der Waals surface area contributed by atoms with Gasteiger partial charge in [0.25, 0.3) is 0 Å². The van der Waals surface area contributed by atoms with Gasteiger partial charge in [0.1, 0.15) is 5.75 Å². The maximum absolute atomic E-state index is 5.92. The second kappa shape index (κ2) is 7.62. The number of hydrogen-bond acceptors (Lipinski definition) is 4. The van der Waals surface area contributed by atoms with Gasteiger partial charge in [0.15, 0.2) is 0 Å². The minimum atomic E-state index is 0.217. The molecule has 1 N–H and O–H groups in total. The summed E-state index contributed by atoms with van der Waals surface area (Å²) in [5.41, 5.74) is 2.36. The van der Waals surface area contributed by atoms with Crippen molar-refractivity contribution < 1.29 is 14.2 Å². The SMILES string of the molecule is CCOc1ccc(C(C)NC)cc1COC1CCOC1. The smallest absolute Gasteiger partial charge is 0.124 e. The zero-order valence-corrected chi connectivity index (χ0v) is 12.6. The van der Waals surface area contributed by atoms with Crippen LogP contribution >= 0.6 is 0 Å². The van der Waals surface area contributed by atoms with Gasteiger partial charge in [0.2, 0.25) is 0 Å². The van der Waals surface area contributed by atoms with Gasteiger partial charge in [0.05, 0.1) is 25.9 Å². The third-order valence-corrected chi connectivity index (χ3v) is 3.68. The first-order chi connectivity index (χ1) is 9.74. The van der Waals surface area contributed by atoms with E-state index in [4.69, 9.17) is 14.2 Å². The number of ether oxygens (including phenoxy) is 3. The van der Waals surface area contributed by atoms with Gasteiger partial charge in [-0.3, -0.25) is 0 Å². The van der Waals surface area contributed by atoms with E-state index in [1.807, 2.05) is 20.0 Å². The highest BCUT2D eigenvalue weighted by Gasteiger charge is 2.17. The lowest BCUT2D eigenvalue weighted by Crippen LogP contribution is -2.14. The van der Waals surface area contributed by atoms with Crippen LogP contribution in [-0.4, -0.2) is 33.0 Å². The largest absolute Gasteiger partial charge is 0.494 e. The number of hydrogen-bond donors (Lipinski definition) is 1. The molecule has 1 aliphatic rings. The standard InChI is InChI=1S/C16H25NO3/c1-4-19-16-6-5-13(12(2)17-3)9-14(16)10-20-15-7-8-18-11-15/h5-6,9,12,15,17H,4,7-8,10-11H2,1-3H3. The quantitative estimate of drug-likeness (QED) is 0.833. The van der Waals surface area contributed by atoms with Crippen LogP contribution in [0.1, 0.15) is 37.4 Å². The summed E-state index contributed by atoms with van der Waals surface area (Å²) < 4.78 is 16.9. The van der Waals surface area contributed by atoms with Crippen molar-refractivity contribution in [1.82, 2.24) is 5.32 Å². The molecule has 2 unspecified atom stereocenters. The highest BCUT2D eigenvalue weighted by Crippen LogP contribution is 2.25. The normalized spacial score (nSPS) is 20.1. The lowest BCUT2D eigenvalue weighted by Gasteiger charge is -2.17. The Kier molecular flexibility index (Phi) is 5.83. The van der Waals surface area contributed by atoms with Crippen LogP contribution in [0, 0.1) is 0 Å². The van der Waals surface area contributed by atoms with Crippen LogP contribution in [0.25, 0.3) is 0 Å². The molecule has 2 atom stereocenters. The third kappa shape index (κ3) is 3.95. The predicted molar refractivity (Wildman–Crippen MR) is 79.1 cm³/mol. The van der Waals surface area contributed by atoms with Crippen LogP contribution in [0.15, 0.2) is 18.2 Å². The van der Waals surface area contributed by atoms with Gasteiger partial charge >= 0.3 is 0 Å². The molecule has 0 bridgehead atoms. The predicted octanol–water partition coefficient (Wildman–Crippen LogP) is 2.67. The van der Waals surface area contributed by atoms with Gasteiger partial charge < -0.3 is 19.5 Å². The fourth-order valence-electron chi connectivity index (χ4n) is 2.30. The molecule has 4 nitrogen and oxygen atoms in total. The average molecular weight is 279 g/mol. The topological polar surface area (TPSA) is 39.7 Å². The monoisotopic (exact) mass is 279 g/mol. The van der Waals surface area contributed by atoms with Crippen molar-refractivity contribution in [1.29, 1.82) is 0 Å². The molecule has 1 saturated heterocycles. The van der Waals surface area contributed by atoms with Crippen molar-refractivity contribution in [2.24, 2.45) is 0 Å². The van der Waals surface area contributed by atoms with Crippen LogP contribution in [-0.2, 0) is 16.1 Å². The Bertz CT molecular complexity index is 416. The molecule has 1 aliphatic heterocycles. The second-order valence-corrected chi connectivity index (χ2v) is 5.11. The molecule has 1 aromatic rings. The lowest BCUT2D eigenvalue weighted by molar-refractivity contribution is 0.0306.